The van der Waals surface area contributed by atoms with Crippen LogP contribution < -0.4 is 5.32 Å². The molecular formula is C16H19Cl2NS. The van der Waals surface area contributed by atoms with Gasteiger partial charge in [-0.05, 0) is 43.5 Å². The van der Waals surface area contributed by atoms with E-state index in [1.807, 2.05) is 6.07 Å². The molecule has 0 aliphatic carbocycles. The predicted molar refractivity (Wildman–Crippen MR) is 90.3 cm³/mol. The number of rotatable bonds is 6. The number of hydrogen-bond donors (Lipinski definition) is 1. The Labute approximate surface area is 134 Å². The van der Waals surface area contributed by atoms with Crippen LogP contribution in [0.4, 0.5) is 0 Å². The molecule has 0 amide bonds. The van der Waals surface area contributed by atoms with Crippen LogP contribution in [0.5, 0.6) is 0 Å². The fourth-order valence-electron chi connectivity index (χ4n) is 2.26. The molecular weight excluding hydrogens is 309 g/mol. The maximum atomic E-state index is 6.32. The lowest BCUT2D eigenvalue weighted by atomic mass is 9.97. The Kier molecular flexibility index (Phi) is 5.91. The second-order valence-corrected chi connectivity index (χ2v) is 7.20. The molecule has 0 spiro atoms. The minimum absolute atomic E-state index is 0.215. The second-order valence-electron chi connectivity index (χ2n) is 4.92. The van der Waals surface area contributed by atoms with Gasteiger partial charge < -0.3 is 5.32 Å². The lowest BCUT2D eigenvalue weighted by Gasteiger charge is -2.19. The molecule has 1 unspecified atom stereocenters. The van der Waals surface area contributed by atoms with Gasteiger partial charge in [0.15, 0.2) is 0 Å². The lowest BCUT2D eigenvalue weighted by Crippen LogP contribution is -2.24. The molecule has 20 heavy (non-hydrogen) atoms. The molecule has 0 saturated heterocycles. The molecule has 0 bridgehead atoms. The summed E-state index contributed by atoms with van der Waals surface area (Å²) in [6.07, 6.45) is 2.03. The van der Waals surface area contributed by atoms with Crippen molar-refractivity contribution in [1.29, 1.82) is 0 Å². The third-order valence-corrected chi connectivity index (χ3v) is 4.90. The number of hydrogen-bond acceptors (Lipinski definition) is 2. The summed E-state index contributed by atoms with van der Waals surface area (Å²) in [5.74, 6) is 0. The molecule has 1 atom stereocenters. The van der Waals surface area contributed by atoms with Crippen LogP contribution in [-0.2, 0) is 6.42 Å². The van der Waals surface area contributed by atoms with E-state index in [0.29, 0.717) is 0 Å². The Balaban J connectivity index is 2.24. The van der Waals surface area contributed by atoms with Crippen molar-refractivity contribution >= 4 is 34.5 Å². The smallest absolute Gasteiger partial charge is 0.0992 e. The van der Waals surface area contributed by atoms with Crippen LogP contribution in [0.2, 0.25) is 8.67 Å². The Bertz CT molecular complexity index is 565. The van der Waals surface area contributed by atoms with Crippen LogP contribution in [-0.4, -0.2) is 6.54 Å². The van der Waals surface area contributed by atoms with Gasteiger partial charge in [0.1, 0.15) is 0 Å². The first kappa shape index (κ1) is 15.8. The van der Waals surface area contributed by atoms with E-state index in [-0.39, 0.29) is 6.04 Å². The molecule has 2 aromatic rings. The molecule has 1 aromatic heterocycles. The van der Waals surface area contributed by atoms with Crippen molar-refractivity contribution in [2.24, 2.45) is 0 Å². The number of aryl methyl sites for hydroxylation is 1. The van der Waals surface area contributed by atoms with Crippen LogP contribution in [0.15, 0.2) is 30.3 Å². The Morgan fingerprint density at radius 1 is 1.25 bits per heavy atom. The summed E-state index contributed by atoms with van der Waals surface area (Å²) in [4.78, 5) is 0. The maximum absolute atomic E-state index is 6.32. The third-order valence-electron chi connectivity index (χ3n) is 3.38. The SMILES string of the molecule is CCCNC(Cc1ccccc1C)c1cc(Cl)sc1Cl. The first-order valence-corrected chi connectivity index (χ1v) is 8.41. The Morgan fingerprint density at radius 2 is 2.00 bits per heavy atom. The van der Waals surface area contributed by atoms with Gasteiger partial charge in [-0.1, -0.05) is 54.4 Å². The van der Waals surface area contributed by atoms with Gasteiger partial charge in [-0.2, -0.15) is 0 Å². The summed E-state index contributed by atoms with van der Waals surface area (Å²) in [7, 11) is 0. The van der Waals surface area contributed by atoms with Crippen molar-refractivity contribution in [3.05, 3.63) is 55.7 Å². The maximum Gasteiger partial charge on any atom is 0.0992 e. The normalized spacial score (nSPS) is 12.6. The zero-order valence-electron chi connectivity index (χ0n) is 11.7. The van der Waals surface area contributed by atoms with E-state index < -0.39 is 0 Å². The molecule has 0 aliphatic heterocycles. The van der Waals surface area contributed by atoms with Crippen molar-refractivity contribution in [2.45, 2.75) is 32.7 Å². The van der Waals surface area contributed by atoms with E-state index in [4.69, 9.17) is 23.2 Å². The molecule has 0 radical (unpaired) electrons. The monoisotopic (exact) mass is 327 g/mol. The van der Waals surface area contributed by atoms with Crippen molar-refractivity contribution in [3.63, 3.8) is 0 Å². The summed E-state index contributed by atoms with van der Waals surface area (Å²) < 4.78 is 1.54. The second kappa shape index (κ2) is 7.46. The molecule has 4 heteroatoms. The highest BCUT2D eigenvalue weighted by atomic mass is 35.5. The van der Waals surface area contributed by atoms with Crippen molar-refractivity contribution in [2.75, 3.05) is 6.54 Å². The van der Waals surface area contributed by atoms with Gasteiger partial charge in [-0.3, -0.25) is 0 Å². The molecule has 1 heterocycles. The number of halogens is 2. The van der Waals surface area contributed by atoms with Crippen molar-refractivity contribution in [1.82, 2.24) is 5.32 Å². The Hall–Kier alpha value is -0.540. The van der Waals surface area contributed by atoms with E-state index in [1.165, 1.54) is 22.5 Å². The fourth-order valence-corrected chi connectivity index (χ4v) is 3.84. The molecule has 0 fully saturated rings. The van der Waals surface area contributed by atoms with Gasteiger partial charge in [0.2, 0.25) is 0 Å². The summed E-state index contributed by atoms with van der Waals surface area (Å²) in [6.45, 7) is 5.29. The largest absolute Gasteiger partial charge is 0.310 e. The van der Waals surface area contributed by atoms with Crippen molar-refractivity contribution < 1.29 is 0 Å². The topological polar surface area (TPSA) is 12.0 Å². The summed E-state index contributed by atoms with van der Waals surface area (Å²) in [5.41, 5.74) is 3.77. The van der Waals surface area contributed by atoms with E-state index in [0.717, 1.165) is 33.6 Å². The summed E-state index contributed by atoms with van der Waals surface area (Å²) in [5, 5.41) is 3.58. The summed E-state index contributed by atoms with van der Waals surface area (Å²) in [6, 6.07) is 10.7. The standard InChI is InChI=1S/C16H19Cl2NS/c1-3-8-19-14(13-10-15(17)20-16(13)18)9-12-7-5-4-6-11(12)2/h4-7,10,14,19H,3,8-9H2,1-2H3. The molecule has 0 saturated carbocycles. The predicted octanol–water partition coefficient (Wildman–Crippen LogP) is 5.65. The third kappa shape index (κ3) is 3.98. The van der Waals surface area contributed by atoms with Crippen molar-refractivity contribution in [3.8, 4) is 0 Å². The van der Waals surface area contributed by atoms with Gasteiger partial charge in [-0.25, -0.2) is 0 Å². The first-order valence-electron chi connectivity index (χ1n) is 6.84. The quantitative estimate of drug-likeness (QED) is 0.723. The zero-order valence-corrected chi connectivity index (χ0v) is 14.1. The van der Waals surface area contributed by atoms with Gasteiger partial charge in [0.05, 0.1) is 8.67 Å². The van der Waals surface area contributed by atoms with E-state index >= 15 is 0 Å². The number of thiophene rings is 1. The van der Waals surface area contributed by atoms with Gasteiger partial charge in [0, 0.05) is 11.6 Å². The van der Waals surface area contributed by atoms with Gasteiger partial charge >= 0.3 is 0 Å². The molecule has 1 aromatic carbocycles. The van der Waals surface area contributed by atoms with E-state index in [2.05, 4.69) is 43.4 Å². The van der Waals surface area contributed by atoms with Gasteiger partial charge in [-0.15, -0.1) is 11.3 Å². The van der Waals surface area contributed by atoms with Crippen LogP contribution >= 0.6 is 34.5 Å². The van der Waals surface area contributed by atoms with Gasteiger partial charge in [0.25, 0.3) is 0 Å². The minimum Gasteiger partial charge on any atom is -0.310 e. The zero-order chi connectivity index (χ0) is 14.5. The van der Waals surface area contributed by atoms with Crippen LogP contribution in [0.25, 0.3) is 0 Å². The molecule has 1 nitrogen and oxygen atoms in total. The summed E-state index contributed by atoms with van der Waals surface area (Å²) >= 11 is 13.8. The lowest BCUT2D eigenvalue weighted by molar-refractivity contribution is 0.530. The Morgan fingerprint density at radius 3 is 2.60 bits per heavy atom. The number of nitrogens with one attached hydrogen (secondary N) is 1. The number of benzene rings is 1. The average molecular weight is 328 g/mol. The van der Waals surface area contributed by atoms with E-state index in [9.17, 15) is 0 Å². The average Bonchev–Trinajstić information content (AvgIpc) is 2.75. The van der Waals surface area contributed by atoms with Crippen LogP contribution in [0.1, 0.15) is 36.1 Å². The molecule has 108 valence electrons. The highest BCUT2D eigenvalue weighted by molar-refractivity contribution is 7.20. The minimum atomic E-state index is 0.215. The highest BCUT2D eigenvalue weighted by Gasteiger charge is 2.18. The van der Waals surface area contributed by atoms with Crippen LogP contribution in [0, 0.1) is 6.92 Å². The molecule has 0 aliphatic rings. The first-order chi connectivity index (χ1) is 9.61. The molecule has 1 N–H and O–H groups in total. The highest BCUT2D eigenvalue weighted by Crippen LogP contribution is 2.36. The molecule has 2 rings (SSSR count). The van der Waals surface area contributed by atoms with Crippen LogP contribution in [0.3, 0.4) is 0 Å². The van der Waals surface area contributed by atoms with E-state index in [1.54, 1.807) is 0 Å². The fraction of sp³-hybridized carbons (Fsp3) is 0.375.